The smallest absolute Gasteiger partial charge is 0.274 e. The van der Waals surface area contributed by atoms with Gasteiger partial charge in [0, 0.05) is 29.9 Å². The molecule has 0 aromatic carbocycles. The van der Waals surface area contributed by atoms with Crippen molar-refractivity contribution in [3.05, 3.63) is 28.8 Å². The zero-order chi connectivity index (χ0) is 17.2. The van der Waals surface area contributed by atoms with Crippen LogP contribution in [-0.2, 0) is 4.74 Å². The summed E-state index contributed by atoms with van der Waals surface area (Å²) in [4.78, 5) is 17.1. The van der Waals surface area contributed by atoms with Crippen LogP contribution in [0.4, 0.5) is 0 Å². The topological polar surface area (TPSA) is 78.5 Å². The van der Waals surface area contributed by atoms with Crippen molar-refractivity contribution in [2.45, 2.75) is 31.5 Å². The van der Waals surface area contributed by atoms with Gasteiger partial charge < -0.3 is 14.7 Å². The van der Waals surface area contributed by atoms with Gasteiger partial charge in [0.15, 0.2) is 5.69 Å². The fourth-order valence-corrected chi connectivity index (χ4v) is 5.72. The van der Waals surface area contributed by atoms with Crippen molar-refractivity contribution in [2.75, 3.05) is 19.7 Å². The van der Waals surface area contributed by atoms with E-state index in [2.05, 4.69) is 23.2 Å². The quantitative estimate of drug-likeness (QED) is 0.879. The number of aromatic amines is 1. The lowest BCUT2D eigenvalue weighted by Crippen LogP contribution is -2.38. The summed E-state index contributed by atoms with van der Waals surface area (Å²) in [6.07, 6.45) is 2.16. The SMILES string of the molecule is Cc1ccc(-c2cc(C(=O)N3C[C@H]4[C@@H](CO)[C@@H]5CC[C@@]4(C3)O5)n[nH]2)s1. The van der Waals surface area contributed by atoms with Gasteiger partial charge in [0.25, 0.3) is 5.91 Å². The molecule has 2 N–H and O–H groups in total. The number of nitrogens with one attached hydrogen (secondary N) is 1. The average Bonchev–Trinajstić information content (AvgIpc) is 3.38. The predicted molar refractivity (Wildman–Crippen MR) is 93.4 cm³/mol. The summed E-state index contributed by atoms with van der Waals surface area (Å²) in [5.41, 5.74) is 1.09. The van der Waals surface area contributed by atoms with Gasteiger partial charge in [-0.2, -0.15) is 5.10 Å². The molecule has 5 heterocycles. The van der Waals surface area contributed by atoms with E-state index < -0.39 is 0 Å². The van der Waals surface area contributed by atoms with E-state index in [4.69, 9.17) is 4.74 Å². The van der Waals surface area contributed by atoms with Crippen molar-refractivity contribution in [3.8, 4) is 10.6 Å². The molecular weight excluding hydrogens is 338 g/mol. The van der Waals surface area contributed by atoms with Gasteiger partial charge in [-0.3, -0.25) is 9.89 Å². The first-order chi connectivity index (χ1) is 12.1. The minimum absolute atomic E-state index is 0.0525. The molecule has 3 aliphatic rings. The van der Waals surface area contributed by atoms with Crippen molar-refractivity contribution in [1.29, 1.82) is 0 Å². The van der Waals surface area contributed by atoms with Gasteiger partial charge in [0.1, 0.15) is 0 Å². The van der Waals surface area contributed by atoms with E-state index >= 15 is 0 Å². The van der Waals surface area contributed by atoms with E-state index in [0.29, 0.717) is 18.8 Å². The van der Waals surface area contributed by atoms with Crippen molar-refractivity contribution in [1.82, 2.24) is 15.1 Å². The predicted octanol–water partition coefficient (Wildman–Crippen LogP) is 2.06. The number of hydrogen-bond donors (Lipinski definition) is 2. The van der Waals surface area contributed by atoms with Crippen molar-refractivity contribution in [3.63, 3.8) is 0 Å². The molecule has 2 aromatic heterocycles. The second-order valence-corrected chi connectivity index (χ2v) is 8.76. The molecule has 3 fully saturated rings. The number of aromatic nitrogens is 2. The summed E-state index contributed by atoms with van der Waals surface area (Å²) in [5, 5.41) is 16.9. The highest BCUT2D eigenvalue weighted by atomic mass is 32.1. The minimum Gasteiger partial charge on any atom is -0.396 e. The van der Waals surface area contributed by atoms with E-state index in [1.54, 1.807) is 11.3 Å². The van der Waals surface area contributed by atoms with Crippen LogP contribution in [0.3, 0.4) is 0 Å². The second kappa shape index (κ2) is 5.40. The number of ether oxygens (including phenoxy) is 1. The van der Waals surface area contributed by atoms with E-state index in [1.807, 2.05) is 17.0 Å². The van der Waals surface area contributed by atoms with Crippen LogP contribution in [0.15, 0.2) is 18.2 Å². The summed E-state index contributed by atoms with van der Waals surface area (Å²) in [7, 11) is 0. The van der Waals surface area contributed by atoms with Crippen LogP contribution in [-0.4, -0.2) is 57.5 Å². The molecular formula is C18H21N3O3S. The first-order valence-corrected chi connectivity index (χ1v) is 9.61. The van der Waals surface area contributed by atoms with Gasteiger partial charge in [-0.1, -0.05) is 0 Å². The van der Waals surface area contributed by atoms with E-state index in [9.17, 15) is 9.90 Å². The number of amides is 1. The zero-order valence-corrected chi connectivity index (χ0v) is 14.9. The third-order valence-corrected chi connectivity index (χ3v) is 7.12. The maximum Gasteiger partial charge on any atom is 0.274 e. The molecule has 6 nitrogen and oxygen atoms in total. The van der Waals surface area contributed by atoms with Crippen LogP contribution in [0.1, 0.15) is 28.2 Å². The Bertz CT molecular complexity index is 831. The normalized spacial score (nSPS) is 33.2. The first-order valence-electron chi connectivity index (χ1n) is 8.80. The maximum atomic E-state index is 12.9. The number of carbonyl (C=O) groups is 1. The number of H-pyrrole nitrogens is 1. The number of likely N-dealkylation sites (tertiary alicyclic amines) is 1. The Hall–Kier alpha value is -1.70. The maximum absolute atomic E-state index is 12.9. The summed E-state index contributed by atoms with van der Waals surface area (Å²) >= 11 is 1.68. The van der Waals surface area contributed by atoms with E-state index in [0.717, 1.165) is 23.4 Å². The number of carbonyl (C=O) groups excluding carboxylic acids is 1. The molecule has 0 saturated carbocycles. The number of aryl methyl sites for hydroxylation is 1. The molecule has 0 radical (unpaired) electrons. The van der Waals surface area contributed by atoms with Crippen LogP contribution in [0.5, 0.6) is 0 Å². The number of fused-ring (bicyclic) bond motifs is 1. The molecule has 132 valence electrons. The highest BCUT2D eigenvalue weighted by Gasteiger charge is 2.63. The number of rotatable bonds is 3. The van der Waals surface area contributed by atoms with E-state index in [1.165, 1.54) is 4.88 Å². The van der Waals surface area contributed by atoms with Gasteiger partial charge in [-0.15, -0.1) is 11.3 Å². The number of aliphatic hydroxyl groups excluding tert-OH is 1. The van der Waals surface area contributed by atoms with Crippen molar-refractivity contribution >= 4 is 17.2 Å². The molecule has 4 atom stereocenters. The third-order valence-electron chi connectivity index (χ3n) is 6.08. The molecule has 25 heavy (non-hydrogen) atoms. The van der Waals surface area contributed by atoms with Crippen LogP contribution < -0.4 is 0 Å². The monoisotopic (exact) mass is 359 g/mol. The second-order valence-electron chi connectivity index (χ2n) is 7.48. The molecule has 3 aliphatic heterocycles. The van der Waals surface area contributed by atoms with Gasteiger partial charge in [-0.05, 0) is 38.0 Å². The van der Waals surface area contributed by atoms with Gasteiger partial charge in [-0.25, -0.2) is 0 Å². The Kier molecular flexibility index (Phi) is 3.36. The Morgan fingerprint density at radius 3 is 3.20 bits per heavy atom. The zero-order valence-electron chi connectivity index (χ0n) is 14.1. The van der Waals surface area contributed by atoms with E-state index in [-0.39, 0.29) is 36.1 Å². The molecule has 0 unspecified atom stereocenters. The summed E-state index contributed by atoms with van der Waals surface area (Å²) in [6.45, 7) is 3.47. The Balaban J connectivity index is 1.37. The fourth-order valence-electron chi connectivity index (χ4n) is 4.89. The Labute approximate surface area is 149 Å². The van der Waals surface area contributed by atoms with Gasteiger partial charge in [0.2, 0.25) is 0 Å². The van der Waals surface area contributed by atoms with Crippen molar-refractivity contribution < 1.29 is 14.6 Å². The first kappa shape index (κ1) is 15.5. The molecule has 5 rings (SSSR count). The summed E-state index contributed by atoms with van der Waals surface area (Å²) < 4.78 is 6.20. The molecule has 2 aromatic rings. The molecule has 1 amide bonds. The standard InChI is InChI=1S/C18H21N3O3S/c1-10-2-3-16(25-10)13-6-14(20-19-13)17(23)21-7-12-11(8-22)15-4-5-18(12,9-21)24-15/h2-3,6,11-12,15,22H,4-5,7-9H2,1H3,(H,19,20)/t11-,12+,15+,18+/m1/s1. The lowest BCUT2D eigenvalue weighted by atomic mass is 9.74. The molecule has 3 saturated heterocycles. The summed E-state index contributed by atoms with van der Waals surface area (Å²) in [5.74, 6) is 0.359. The minimum atomic E-state index is -0.238. The average molecular weight is 359 g/mol. The van der Waals surface area contributed by atoms with Gasteiger partial charge >= 0.3 is 0 Å². The van der Waals surface area contributed by atoms with Crippen LogP contribution >= 0.6 is 11.3 Å². The highest BCUT2D eigenvalue weighted by Crippen LogP contribution is 2.54. The van der Waals surface area contributed by atoms with Crippen molar-refractivity contribution in [2.24, 2.45) is 11.8 Å². The molecule has 1 spiro atoms. The number of thiophene rings is 1. The lowest BCUT2D eigenvalue weighted by molar-refractivity contribution is 0.00148. The molecule has 0 aliphatic carbocycles. The van der Waals surface area contributed by atoms with Crippen LogP contribution in [0, 0.1) is 18.8 Å². The number of aliphatic hydroxyl groups is 1. The summed E-state index contributed by atoms with van der Waals surface area (Å²) in [6, 6.07) is 5.94. The largest absolute Gasteiger partial charge is 0.396 e. The lowest BCUT2D eigenvalue weighted by Gasteiger charge is -2.27. The third kappa shape index (κ3) is 2.22. The van der Waals surface area contributed by atoms with Gasteiger partial charge in [0.05, 0.1) is 28.8 Å². The fraction of sp³-hybridized carbons (Fsp3) is 0.556. The van der Waals surface area contributed by atoms with Crippen LogP contribution in [0.2, 0.25) is 0 Å². The molecule has 7 heteroatoms. The van der Waals surface area contributed by atoms with Crippen LogP contribution in [0.25, 0.3) is 10.6 Å². The molecule has 2 bridgehead atoms. The number of hydrogen-bond acceptors (Lipinski definition) is 5. The Morgan fingerprint density at radius 2 is 2.44 bits per heavy atom. The Morgan fingerprint density at radius 1 is 1.56 bits per heavy atom. The highest BCUT2D eigenvalue weighted by molar-refractivity contribution is 7.15. The number of nitrogens with zero attached hydrogens (tertiary/aromatic N) is 2.